The standard InChI is InChI=1S/C18H18N4O3S/c1-13-6-8-15(9-7-13)26(24,25)21-12-18(23)22-20-11-14-10-19-17-5-3-2-4-16(14)17/h2-11,19,21H,12H2,1H3,(H,22,23). The molecule has 0 fully saturated rings. The maximum Gasteiger partial charge on any atom is 0.255 e. The van der Waals surface area contributed by atoms with Crippen molar-refractivity contribution in [2.24, 2.45) is 5.10 Å². The molecule has 1 amide bonds. The summed E-state index contributed by atoms with van der Waals surface area (Å²) in [6, 6.07) is 14.1. The first-order valence-electron chi connectivity index (χ1n) is 7.90. The first-order chi connectivity index (χ1) is 12.5. The summed E-state index contributed by atoms with van der Waals surface area (Å²) in [4.78, 5) is 15.0. The Hall–Kier alpha value is -2.97. The van der Waals surface area contributed by atoms with Crippen molar-refractivity contribution in [1.82, 2.24) is 15.1 Å². The normalized spacial score (nSPS) is 11.9. The van der Waals surface area contributed by atoms with E-state index in [1.165, 1.54) is 18.3 Å². The number of para-hydroxylation sites is 1. The predicted octanol–water partition coefficient (Wildman–Crippen LogP) is 1.90. The summed E-state index contributed by atoms with van der Waals surface area (Å²) in [5.74, 6) is -0.559. The van der Waals surface area contributed by atoms with Gasteiger partial charge in [-0.25, -0.2) is 18.6 Å². The third-order valence-corrected chi connectivity index (χ3v) is 5.19. The number of aryl methyl sites for hydroxylation is 1. The van der Waals surface area contributed by atoms with Crippen molar-refractivity contribution < 1.29 is 13.2 Å². The molecule has 2 aromatic carbocycles. The van der Waals surface area contributed by atoms with Crippen LogP contribution in [-0.4, -0.2) is 32.1 Å². The molecule has 0 bridgehead atoms. The van der Waals surface area contributed by atoms with Crippen molar-refractivity contribution >= 4 is 33.0 Å². The Labute approximate surface area is 151 Å². The molecule has 0 radical (unpaired) electrons. The average Bonchev–Trinajstić information content (AvgIpc) is 3.04. The SMILES string of the molecule is Cc1ccc(S(=O)(=O)NCC(=O)NN=Cc2c[nH]c3ccccc23)cc1. The molecular weight excluding hydrogens is 352 g/mol. The second-order valence-electron chi connectivity index (χ2n) is 5.72. The number of hydrogen-bond acceptors (Lipinski definition) is 4. The number of benzene rings is 2. The smallest absolute Gasteiger partial charge is 0.255 e. The number of sulfonamides is 1. The summed E-state index contributed by atoms with van der Waals surface area (Å²) in [5.41, 5.74) is 5.05. The third kappa shape index (κ3) is 4.16. The summed E-state index contributed by atoms with van der Waals surface area (Å²) in [7, 11) is -3.74. The van der Waals surface area contributed by atoms with Gasteiger partial charge in [-0.15, -0.1) is 0 Å². The lowest BCUT2D eigenvalue weighted by molar-refractivity contribution is -0.119. The van der Waals surface area contributed by atoms with E-state index < -0.39 is 22.5 Å². The van der Waals surface area contributed by atoms with Crippen LogP contribution in [0.5, 0.6) is 0 Å². The van der Waals surface area contributed by atoms with Crippen LogP contribution in [-0.2, 0) is 14.8 Å². The molecule has 0 spiro atoms. The Morgan fingerprint density at radius 2 is 1.88 bits per heavy atom. The number of hydrazone groups is 1. The lowest BCUT2D eigenvalue weighted by Crippen LogP contribution is -2.34. The Bertz CT molecular complexity index is 1050. The predicted molar refractivity (Wildman–Crippen MR) is 100 cm³/mol. The first kappa shape index (κ1) is 17.8. The molecular formula is C18H18N4O3S. The number of carbonyl (C=O) groups excluding carboxylic acids is 1. The quantitative estimate of drug-likeness (QED) is 0.456. The molecule has 0 saturated carbocycles. The second kappa shape index (κ2) is 7.51. The van der Waals surface area contributed by atoms with Gasteiger partial charge in [0.2, 0.25) is 10.0 Å². The number of fused-ring (bicyclic) bond motifs is 1. The highest BCUT2D eigenvalue weighted by atomic mass is 32.2. The van der Waals surface area contributed by atoms with Crippen LogP contribution < -0.4 is 10.1 Å². The van der Waals surface area contributed by atoms with E-state index >= 15 is 0 Å². The van der Waals surface area contributed by atoms with Crippen LogP contribution in [0.1, 0.15) is 11.1 Å². The Kier molecular flexibility index (Phi) is 5.15. The molecule has 0 aliphatic carbocycles. The van der Waals surface area contributed by atoms with Crippen molar-refractivity contribution in [1.29, 1.82) is 0 Å². The number of H-pyrrole nitrogens is 1. The number of amides is 1. The monoisotopic (exact) mass is 370 g/mol. The molecule has 134 valence electrons. The van der Waals surface area contributed by atoms with E-state index in [0.717, 1.165) is 22.0 Å². The van der Waals surface area contributed by atoms with Crippen molar-refractivity contribution in [2.75, 3.05) is 6.54 Å². The number of aromatic nitrogens is 1. The molecule has 3 aromatic rings. The van der Waals surface area contributed by atoms with Crippen molar-refractivity contribution in [3.63, 3.8) is 0 Å². The fraction of sp³-hybridized carbons (Fsp3) is 0.111. The Morgan fingerprint density at radius 1 is 1.15 bits per heavy atom. The lowest BCUT2D eigenvalue weighted by Gasteiger charge is -2.06. The number of carbonyl (C=O) groups is 1. The van der Waals surface area contributed by atoms with E-state index in [0.29, 0.717) is 0 Å². The molecule has 0 atom stereocenters. The van der Waals surface area contributed by atoms with Gasteiger partial charge in [-0.05, 0) is 25.1 Å². The minimum Gasteiger partial charge on any atom is -0.361 e. The minimum absolute atomic E-state index is 0.109. The molecule has 7 nitrogen and oxygen atoms in total. The molecule has 1 heterocycles. The van der Waals surface area contributed by atoms with Gasteiger partial charge >= 0.3 is 0 Å². The number of hydrogen-bond donors (Lipinski definition) is 3. The highest BCUT2D eigenvalue weighted by Gasteiger charge is 2.14. The molecule has 3 N–H and O–H groups in total. The van der Waals surface area contributed by atoms with Gasteiger partial charge in [-0.3, -0.25) is 4.79 Å². The molecule has 8 heteroatoms. The van der Waals surface area contributed by atoms with Gasteiger partial charge in [-0.1, -0.05) is 35.9 Å². The largest absolute Gasteiger partial charge is 0.361 e. The van der Waals surface area contributed by atoms with Crippen LogP contribution in [0.3, 0.4) is 0 Å². The highest BCUT2D eigenvalue weighted by molar-refractivity contribution is 7.89. The van der Waals surface area contributed by atoms with Crippen LogP contribution in [0.25, 0.3) is 10.9 Å². The molecule has 0 aliphatic heterocycles. The summed E-state index contributed by atoms with van der Waals surface area (Å²) < 4.78 is 26.5. The summed E-state index contributed by atoms with van der Waals surface area (Å²) in [6.07, 6.45) is 3.28. The van der Waals surface area contributed by atoms with Crippen LogP contribution in [0, 0.1) is 6.92 Å². The number of aromatic amines is 1. The molecule has 0 aliphatic rings. The highest BCUT2D eigenvalue weighted by Crippen LogP contribution is 2.15. The zero-order chi connectivity index (χ0) is 18.6. The maximum absolute atomic E-state index is 12.1. The van der Waals surface area contributed by atoms with Crippen molar-refractivity contribution in [2.45, 2.75) is 11.8 Å². The third-order valence-electron chi connectivity index (χ3n) is 3.77. The van der Waals surface area contributed by atoms with Gasteiger partial charge in [0.25, 0.3) is 5.91 Å². The lowest BCUT2D eigenvalue weighted by atomic mass is 10.2. The summed E-state index contributed by atoms with van der Waals surface area (Å²) >= 11 is 0. The van der Waals surface area contributed by atoms with Gasteiger partial charge in [0.15, 0.2) is 0 Å². The van der Waals surface area contributed by atoms with Crippen molar-refractivity contribution in [3.8, 4) is 0 Å². The fourth-order valence-electron chi connectivity index (χ4n) is 2.38. The van der Waals surface area contributed by atoms with Gasteiger partial charge in [-0.2, -0.15) is 5.10 Å². The fourth-order valence-corrected chi connectivity index (χ4v) is 3.36. The summed E-state index contributed by atoms with van der Waals surface area (Å²) in [5, 5.41) is 4.85. The average molecular weight is 370 g/mol. The molecule has 3 rings (SSSR count). The second-order valence-corrected chi connectivity index (χ2v) is 7.49. The van der Waals surface area contributed by atoms with Gasteiger partial charge in [0.05, 0.1) is 17.7 Å². The topological polar surface area (TPSA) is 103 Å². The van der Waals surface area contributed by atoms with E-state index in [2.05, 4.69) is 20.2 Å². The first-order valence-corrected chi connectivity index (χ1v) is 9.38. The number of nitrogens with one attached hydrogen (secondary N) is 3. The van der Waals surface area contributed by atoms with Gasteiger partial charge < -0.3 is 4.98 Å². The van der Waals surface area contributed by atoms with Gasteiger partial charge in [0.1, 0.15) is 0 Å². The summed E-state index contributed by atoms with van der Waals surface area (Å²) in [6.45, 7) is 1.46. The van der Waals surface area contributed by atoms with E-state index in [1.54, 1.807) is 18.3 Å². The zero-order valence-electron chi connectivity index (χ0n) is 14.1. The van der Waals surface area contributed by atoms with E-state index in [9.17, 15) is 13.2 Å². The van der Waals surface area contributed by atoms with E-state index in [1.807, 2.05) is 31.2 Å². The Morgan fingerprint density at radius 3 is 2.65 bits per heavy atom. The minimum atomic E-state index is -3.74. The van der Waals surface area contributed by atoms with Crippen molar-refractivity contribution in [3.05, 3.63) is 65.9 Å². The molecule has 1 aromatic heterocycles. The molecule has 26 heavy (non-hydrogen) atoms. The zero-order valence-corrected chi connectivity index (χ0v) is 14.9. The van der Waals surface area contributed by atoms with Gasteiger partial charge in [0, 0.05) is 22.7 Å². The number of rotatable bonds is 6. The molecule has 0 unspecified atom stereocenters. The van der Waals surface area contributed by atoms with E-state index in [-0.39, 0.29) is 4.90 Å². The van der Waals surface area contributed by atoms with Crippen LogP contribution >= 0.6 is 0 Å². The van der Waals surface area contributed by atoms with Crippen LogP contribution in [0.4, 0.5) is 0 Å². The molecule has 0 saturated heterocycles. The maximum atomic E-state index is 12.1. The Balaban J connectivity index is 1.56. The van der Waals surface area contributed by atoms with E-state index in [4.69, 9.17) is 0 Å². The van der Waals surface area contributed by atoms with Crippen LogP contribution in [0.15, 0.2) is 64.7 Å². The van der Waals surface area contributed by atoms with Crippen LogP contribution in [0.2, 0.25) is 0 Å². The number of nitrogens with zero attached hydrogens (tertiary/aromatic N) is 1.